The maximum absolute atomic E-state index is 12.0. The van der Waals surface area contributed by atoms with Gasteiger partial charge in [0.15, 0.2) is 0 Å². The number of aliphatic carboxylic acids is 1. The summed E-state index contributed by atoms with van der Waals surface area (Å²) in [6.07, 6.45) is 1.89. The number of nitrogens with one attached hydrogen (secondary N) is 2. The zero-order valence-electron chi connectivity index (χ0n) is 11.3. The number of urea groups is 1. The van der Waals surface area contributed by atoms with E-state index in [9.17, 15) is 14.4 Å². The molecule has 7 heteroatoms. The van der Waals surface area contributed by atoms with Crippen molar-refractivity contribution >= 4 is 17.9 Å². The number of carboxylic acids is 1. The number of rotatable bonds is 5. The van der Waals surface area contributed by atoms with E-state index in [1.165, 1.54) is 0 Å². The molecule has 0 spiro atoms. The Bertz CT molecular complexity index is 355. The van der Waals surface area contributed by atoms with E-state index in [-0.39, 0.29) is 19.0 Å². The van der Waals surface area contributed by atoms with E-state index >= 15 is 0 Å². The molecule has 0 aliphatic carbocycles. The monoisotopic (exact) mass is 271 g/mol. The highest BCUT2D eigenvalue weighted by atomic mass is 16.4. The van der Waals surface area contributed by atoms with Crippen LogP contribution in [0, 0.1) is 5.92 Å². The van der Waals surface area contributed by atoms with Gasteiger partial charge < -0.3 is 15.7 Å². The maximum atomic E-state index is 12.0. The third-order valence-corrected chi connectivity index (χ3v) is 3.43. The number of nitrogens with zero attached hydrogens (tertiary/aromatic N) is 1. The van der Waals surface area contributed by atoms with Crippen LogP contribution in [0.2, 0.25) is 0 Å². The van der Waals surface area contributed by atoms with Crippen molar-refractivity contribution in [1.82, 2.24) is 15.5 Å². The zero-order valence-corrected chi connectivity index (χ0v) is 11.3. The number of carbonyl (C=O) groups excluding carboxylic acids is 2. The van der Waals surface area contributed by atoms with Crippen molar-refractivity contribution in [1.29, 1.82) is 0 Å². The van der Waals surface area contributed by atoms with Gasteiger partial charge in [-0.15, -0.1) is 0 Å². The van der Waals surface area contributed by atoms with E-state index in [1.807, 2.05) is 13.8 Å². The highest BCUT2D eigenvalue weighted by Gasteiger charge is 2.35. The summed E-state index contributed by atoms with van der Waals surface area (Å²) in [5.41, 5.74) is 0. The highest BCUT2D eigenvalue weighted by molar-refractivity contribution is 5.90. The summed E-state index contributed by atoms with van der Waals surface area (Å²) in [4.78, 5) is 35.4. The van der Waals surface area contributed by atoms with Crippen LogP contribution in [-0.4, -0.2) is 53.6 Å². The van der Waals surface area contributed by atoms with Crippen molar-refractivity contribution in [3.05, 3.63) is 0 Å². The minimum absolute atomic E-state index is 0.0490. The molecule has 3 amide bonds. The quantitative estimate of drug-likeness (QED) is 0.656. The predicted octanol–water partition coefficient (Wildman–Crippen LogP) is 0.0172. The molecule has 1 fully saturated rings. The molecule has 1 rings (SSSR count). The third kappa shape index (κ3) is 4.11. The molecule has 1 aliphatic heterocycles. The van der Waals surface area contributed by atoms with Crippen molar-refractivity contribution in [2.45, 2.75) is 32.7 Å². The van der Waals surface area contributed by atoms with Gasteiger partial charge in [0.2, 0.25) is 5.91 Å². The van der Waals surface area contributed by atoms with Gasteiger partial charge >= 0.3 is 12.0 Å². The van der Waals surface area contributed by atoms with Crippen molar-refractivity contribution in [2.24, 2.45) is 5.92 Å². The van der Waals surface area contributed by atoms with Gasteiger partial charge in [0.25, 0.3) is 0 Å². The van der Waals surface area contributed by atoms with Crippen LogP contribution >= 0.6 is 0 Å². The SMILES string of the molecule is CCC(CC)CNC(=O)N1CC(=O)NCC1C(=O)O. The fraction of sp³-hybridized carbons (Fsp3) is 0.750. The Morgan fingerprint density at radius 1 is 1.47 bits per heavy atom. The third-order valence-electron chi connectivity index (χ3n) is 3.43. The second-order valence-corrected chi connectivity index (χ2v) is 4.65. The van der Waals surface area contributed by atoms with E-state index in [4.69, 9.17) is 5.11 Å². The standard InChI is InChI=1S/C12H21N3O4/c1-3-8(4-2)5-14-12(19)15-7-10(16)13-6-9(15)11(17)18/h8-9H,3-7H2,1-2H3,(H,13,16)(H,14,19)(H,17,18). The number of hydrogen-bond acceptors (Lipinski definition) is 3. The molecule has 1 saturated heterocycles. The normalized spacial score (nSPS) is 19.2. The average Bonchev–Trinajstić information content (AvgIpc) is 2.39. The summed E-state index contributed by atoms with van der Waals surface area (Å²) in [5, 5.41) is 14.2. The van der Waals surface area contributed by atoms with Gasteiger partial charge in [-0.05, 0) is 5.92 Å². The Morgan fingerprint density at radius 3 is 2.63 bits per heavy atom. The lowest BCUT2D eigenvalue weighted by Gasteiger charge is -2.33. The Balaban J connectivity index is 2.60. The second kappa shape index (κ2) is 6.96. The molecular weight excluding hydrogens is 250 g/mol. The lowest BCUT2D eigenvalue weighted by molar-refractivity contribution is -0.144. The molecule has 7 nitrogen and oxygen atoms in total. The molecule has 0 bridgehead atoms. The summed E-state index contributed by atoms with van der Waals surface area (Å²) < 4.78 is 0. The number of amides is 3. The van der Waals surface area contributed by atoms with Crippen molar-refractivity contribution in [3.8, 4) is 0 Å². The molecule has 3 N–H and O–H groups in total. The zero-order chi connectivity index (χ0) is 14.4. The summed E-state index contributed by atoms with van der Waals surface area (Å²) in [6.45, 7) is 4.30. The van der Waals surface area contributed by atoms with Gasteiger partial charge in [0, 0.05) is 13.1 Å². The molecule has 1 unspecified atom stereocenters. The Labute approximate surface area is 112 Å². The number of carboxylic acid groups (broad SMARTS) is 1. The van der Waals surface area contributed by atoms with Crippen LogP contribution in [0.15, 0.2) is 0 Å². The molecular formula is C12H21N3O4. The van der Waals surface area contributed by atoms with E-state index in [0.29, 0.717) is 12.5 Å². The van der Waals surface area contributed by atoms with Gasteiger partial charge in [0.05, 0.1) is 0 Å². The van der Waals surface area contributed by atoms with Crippen molar-refractivity contribution in [3.63, 3.8) is 0 Å². The van der Waals surface area contributed by atoms with Crippen LogP contribution in [0.5, 0.6) is 0 Å². The first-order valence-corrected chi connectivity index (χ1v) is 6.53. The van der Waals surface area contributed by atoms with Crippen molar-refractivity contribution in [2.75, 3.05) is 19.6 Å². The molecule has 0 aromatic heterocycles. The van der Waals surface area contributed by atoms with Gasteiger partial charge in [-0.25, -0.2) is 9.59 Å². The van der Waals surface area contributed by atoms with Crippen LogP contribution in [-0.2, 0) is 9.59 Å². The molecule has 0 aromatic rings. The Hall–Kier alpha value is -1.79. The van der Waals surface area contributed by atoms with Crippen LogP contribution < -0.4 is 10.6 Å². The predicted molar refractivity (Wildman–Crippen MR) is 68.6 cm³/mol. The number of carbonyl (C=O) groups is 3. The van der Waals surface area contributed by atoms with Gasteiger partial charge in [0.1, 0.15) is 12.6 Å². The van der Waals surface area contributed by atoms with Gasteiger partial charge in [-0.3, -0.25) is 9.69 Å². The second-order valence-electron chi connectivity index (χ2n) is 4.65. The maximum Gasteiger partial charge on any atom is 0.328 e. The summed E-state index contributed by atoms with van der Waals surface area (Å²) in [5.74, 6) is -1.08. The van der Waals surface area contributed by atoms with E-state index in [1.54, 1.807) is 0 Å². The first-order chi connectivity index (χ1) is 8.99. The highest BCUT2D eigenvalue weighted by Crippen LogP contribution is 2.08. The largest absolute Gasteiger partial charge is 0.480 e. The lowest BCUT2D eigenvalue weighted by Crippen LogP contribution is -2.61. The Morgan fingerprint density at radius 2 is 2.11 bits per heavy atom. The van der Waals surface area contributed by atoms with Crippen LogP contribution in [0.3, 0.4) is 0 Å². The van der Waals surface area contributed by atoms with Gasteiger partial charge in [-0.2, -0.15) is 0 Å². The van der Waals surface area contributed by atoms with Crippen LogP contribution in [0.1, 0.15) is 26.7 Å². The first-order valence-electron chi connectivity index (χ1n) is 6.53. The number of piperazine rings is 1. The summed E-state index contributed by atoms with van der Waals surface area (Å²) in [7, 11) is 0. The molecule has 19 heavy (non-hydrogen) atoms. The van der Waals surface area contributed by atoms with Gasteiger partial charge in [-0.1, -0.05) is 26.7 Å². The topological polar surface area (TPSA) is 98.7 Å². The van der Waals surface area contributed by atoms with E-state index in [0.717, 1.165) is 17.7 Å². The van der Waals surface area contributed by atoms with E-state index < -0.39 is 18.0 Å². The fourth-order valence-corrected chi connectivity index (χ4v) is 1.99. The molecule has 1 heterocycles. The Kier molecular flexibility index (Phi) is 5.59. The van der Waals surface area contributed by atoms with E-state index in [2.05, 4.69) is 10.6 Å². The summed E-state index contributed by atoms with van der Waals surface area (Å²) in [6, 6.07) is -1.49. The first kappa shape index (κ1) is 15.3. The summed E-state index contributed by atoms with van der Waals surface area (Å²) >= 11 is 0. The lowest BCUT2D eigenvalue weighted by atomic mass is 10.0. The fourth-order valence-electron chi connectivity index (χ4n) is 1.99. The molecule has 0 aromatic carbocycles. The van der Waals surface area contributed by atoms with Crippen molar-refractivity contribution < 1.29 is 19.5 Å². The minimum Gasteiger partial charge on any atom is -0.480 e. The van der Waals surface area contributed by atoms with Crippen LogP contribution in [0.25, 0.3) is 0 Å². The minimum atomic E-state index is -1.11. The van der Waals surface area contributed by atoms with Crippen LogP contribution in [0.4, 0.5) is 4.79 Å². The molecule has 0 saturated carbocycles. The molecule has 108 valence electrons. The smallest absolute Gasteiger partial charge is 0.328 e. The molecule has 1 aliphatic rings. The number of hydrogen-bond donors (Lipinski definition) is 3. The molecule has 0 radical (unpaired) electrons. The molecule has 1 atom stereocenters. The average molecular weight is 271 g/mol.